The van der Waals surface area contributed by atoms with E-state index in [1.807, 2.05) is 12.1 Å². The molecule has 0 fully saturated rings. The van der Waals surface area contributed by atoms with Crippen molar-refractivity contribution in [3.63, 3.8) is 0 Å². The minimum absolute atomic E-state index is 1.06. The third-order valence-electron chi connectivity index (χ3n) is 2.00. The van der Waals surface area contributed by atoms with Gasteiger partial charge in [-0.15, -0.1) is 0 Å². The molecule has 0 N–H and O–H groups in total. The molecule has 0 radical (unpaired) electrons. The van der Waals surface area contributed by atoms with Gasteiger partial charge < -0.3 is 0 Å². The second-order valence-electron chi connectivity index (χ2n) is 2.99. The highest BCUT2D eigenvalue weighted by molar-refractivity contribution is 5.53. The largest absolute Gasteiger partial charge is 0.265 e. The Labute approximate surface area is 78.1 Å². The number of pyridine rings is 1. The average Bonchev–Trinajstić information content (AvgIpc) is 2.69. The number of allylic oxidation sites excluding steroid dienone is 5. The lowest BCUT2D eigenvalue weighted by atomic mass is 10.2. The fourth-order valence-corrected chi connectivity index (χ4v) is 1.27. The van der Waals surface area contributed by atoms with Crippen LogP contribution in [-0.2, 0) is 0 Å². The maximum absolute atomic E-state index is 3.96. The molecule has 2 rings (SSSR count). The van der Waals surface area contributed by atoms with Crippen molar-refractivity contribution in [2.24, 2.45) is 0 Å². The van der Waals surface area contributed by atoms with Crippen LogP contribution in [-0.4, -0.2) is 4.98 Å². The summed E-state index contributed by atoms with van der Waals surface area (Å²) in [7, 11) is 0. The lowest BCUT2D eigenvalue weighted by molar-refractivity contribution is 1.32. The van der Waals surface area contributed by atoms with E-state index in [1.165, 1.54) is 11.1 Å². The van der Waals surface area contributed by atoms with Gasteiger partial charge in [0.25, 0.3) is 0 Å². The average molecular weight is 169 g/mol. The summed E-state index contributed by atoms with van der Waals surface area (Å²) < 4.78 is 0. The van der Waals surface area contributed by atoms with E-state index in [0.717, 1.165) is 6.42 Å². The first kappa shape index (κ1) is 7.99. The van der Waals surface area contributed by atoms with E-state index < -0.39 is 0 Å². The second kappa shape index (κ2) is 3.85. The van der Waals surface area contributed by atoms with Gasteiger partial charge in [-0.3, -0.25) is 4.98 Å². The number of nitrogens with zero attached hydrogens (tertiary/aromatic N) is 1. The van der Waals surface area contributed by atoms with E-state index in [-0.39, 0.29) is 0 Å². The molecule has 13 heavy (non-hydrogen) atoms. The molecule has 0 unspecified atom stereocenters. The van der Waals surface area contributed by atoms with Gasteiger partial charge in [0.15, 0.2) is 0 Å². The fraction of sp³-hybridized carbons (Fsp3) is 0.0833. The summed E-state index contributed by atoms with van der Waals surface area (Å²) in [6.45, 7) is 0. The first-order valence-electron chi connectivity index (χ1n) is 4.39. The summed E-state index contributed by atoms with van der Waals surface area (Å²) in [5.74, 6) is 0. The van der Waals surface area contributed by atoms with Crippen LogP contribution >= 0.6 is 0 Å². The Morgan fingerprint density at radius 3 is 2.69 bits per heavy atom. The van der Waals surface area contributed by atoms with Crippen molar-refractivity contribution in [3.8, 4) is 0 Å². The summed E-state index contributed by atoms with van der Waals surface area (Å²) >= 11 is 0. The summed E-state index contributed by atoms with van der Waals surface area (Å²) in [5.41, 5.74) is 2.56. The number of rotatable bonds is 2. The van der Waals surface area contributed by atoms with Gasteiger partial charge in [-0.05, 0) is 29.7 Å². The minimum atomic E-state index is 1.06. The molecular formula is C12H11N. The summed E-state index contributed by atoms with van der Waals surface area (Å²) in [5, 5.41) is 0. The highest BCUT2D eigenvalue weighted by Gasteiger charge is 1.92. The van der Waals surface area contributed by atoms with Gasteiger partial charge in [-0.2, -0.15) is 0 Å². The molecule has 0 atom stereocenters. The molecule has 1 nitrogen and oxygen atoms in total. The van der Waals surface area contributed by atoms with E-state index >= 15 is 0 Å². The third-order valence-corrected chi connectivity index (χ3v) is 2.00. The van der Waals surface area contributed by atoms with Crippen LogP contribution in [0.2, 0.25) is 0 Å². The van der Waals surface area contributed by atoms with Gasteiger partial charge in [0.05, 0.1) is 0 Å². The minimum Gasteiger partial charge on any atom is -0.265 e. The Morgan fingerprint density at radius 1 is 1.15 bits per heavy atom. The van der Waals surface area contributed by atoms with Crippen LogP contribution in [0.15, 0.2) is 54.4 Å². The van der Waals surface area contributed by atoms with E-state index in [9.17, 15) is 0 Å². The Kier molecular flexibility index (Phi) is 2.37. The van der Waals surface area contributed by atoms with Gasteiger partial charge in [0.2, 0.25) is 0 Å². The first-order valence-corrected chi connectivity index (χ1v) is 4.39. The standard InChI is InChI=1S/C12H11N/c1-2-4-11(3-1)5-6-12-7-9-13-10-8-12/h1-3,5-10H,4H2/b6-5+. The molecule has 1 aromatic rings. The van der Waals surface area contributed by atoms with E-state index in [4.69, 9.17) is 0 Å². The second-order valence-corrected chi connectivity index (χ2v) is 2.99. The van der Waals surface area contributed by atoms with Gasteiger partial charge in [-0.25, -0.2) is 0 Å². The number of hydrogen-bond donors (Lipinski definition) is 0. The van der Waals surface area contributed by atoms with Crippen LogP contribution in [0.1, 0.15) is 12.0 Å². The van der Waals surface area contributed by atoms with E-state index in [0.29, 0.717) is 0 Å². The highest BCUT2D eigenvalue weighted by atomic mass is 14.6. The van der Waals surface area contributed by atoms with Crippen molar-refractivity contribution >= 4 is 6.08 Å². The highest BCUT2D eigenvalue weighted by Crippen LogP contribution is 2.13. The molecule has 1 heterocycles. The zero-order chi connectivity index (χ0) is 8.93. The molecule has 0 aliphatic heterocycles. The molecule has 0 saturated heterocycles. The Morgan fingerprint density at radius 2 is 2.00 bits per heavy atom. The van der Waals surface area contributed by atoms with Crippen LogP contribution in [0.4, 0.5) is 0 Å². The Bertz CT molecular complexity index is 358. The molecular weight excluding hydrogens is 158 g/mol. The van der Waals surface area contributed by atoms with Crippen LogP contribution < -0.4 is 0 Å². The van der Waals surface area contributed by atoms with Crippen LogP contribution in [0, 0.1) is 0 Å². The van der Waals surface area contributed by atoms with Crippen molar-refractivity contribution in [1.82, 2.24) is 4.98 Å². The summed E-state index contributed by atoms with van der Waals surface area (Å²) in [6.07, 6.45) is 15.3. The van der Waals surface area contributed by atoms with Crippen molar-refractivity contribution in [2.45, 2.75) is 6.42 Å². The normalized spacial score (nSPS) is 15.2. The zero-order valence-electron chi connectivity index (χ0n) is 7.35. The first-order chi connectivity index (χ1) is 6.45. The zero-order valence-corrected chi connectivity index (χ0v) is 7.35. The molecule has 0 saturated carbocycles. The smallest absolute Gasteiger partial charge is 0.0273 e. The predicted molar refractivity (Wildman–Crippen MR) is 55.1 cm³/mol. The Hall–Kier alpha value is -1.63. The monoisotopic (exact) mass is 169 g/mol. The number of aromatic nitrogens is 1. The van der Waals surface area contributed by atoms with E-state index in [1.54, 1.807) is 12.4 Å². The van der Waals surface area contributed by atoms with Crippen molar-refractivity contribution in [1.29, 1.82) is 0 Å². The van der Waals surface area contributed by atoms with Crippen LogP contribution in [0.25, 0.3) is 6.08 Å². The molecule has 64 valence electrons. The lowest BCUT2D eigenvalue weighted by Crippen LogP contribution is -1.73. The molecule has 0 spiro atoms. The SMILES string of the molecule is C1=CCC(/C=C/c2ccncc2)=C1. The maximum Gasteiger partial charge on any atom is 0.0273 e. The lowest BCUT2D eigenvalue weighted by Gasteiger charge is -1.92. The molecule has 0 bridgehead atoms. The van der Waals surface area contributed by atoms with Crippen LogP contribution in [0.5, 0.6) is 0 Å². The third kappa shape index (κ3) is 2.15. The van der Waals surface area contributed by atoms with Crippen molar-refractivity contribution in [3.05, 3.63) is 60.0 Å². The van der Waals surface area contributed by atoms with E-state index in [2.05, 4.69) is 35.4 Å². The van der Waals surface area contributed by atoms with Crippen molar-refractivity contribution < 1.29 is 0 Å². The molecule has 0 amide bonds. The molecule has 1 aliphatic carbocycles. The summed E-state index contributed by atoms with van der Waals surface area (Å²) in [6, 6.07) is 4.00. The van der Waals surface area contributed by atoms with Gasteiger partial charge in [0.1, 0.15) is 0 Å². The van der Waals surface area contributed by atoms with Gasteiger partial charge in [-0.1, -0.05) is 30.4 Å². The summed E-state index contributed by atoms with van der Waals surface area (Å²) in [4.78, 5) is 3.96. The fourth-order valence-electron chi connectivity index (χ4n) is 1.27. The van der Waals surface area contributed by atoms with Gasteiger partial charge >= 0.3 is 0 Å². The molecule has 1 aromatic heterocycles. The van der Waals surface area contributed by atoms with Crippen molar-refractivity contribution in [2.75, 3.05) is 0 Å². The molecule has 0 aromatic carbocycles. The Balaban J connectivity index is 2.06. The topological polar surface area (TPSA) is 12.9 Å². The quantitative estimate of drug-likeness (QED) is 0.663. The van der Waals surface area contributed by atoms with Gasteiger partial charge in [0, 0.05) is 12.4 Å². The van der Waals surface area contributed by atoms with Crippen LogP contribution in [0.3, 0.4) is 0 Å². The number of hydrogen-bond acceptors (Lipinski definition) is 1. The molecule has 1 aliphatic rings. The molecule has 1 heteroatoms. The predicted octanol–water partition coefficient (Wildman–Crippen LogP) is 2.98. The maximum atomic E-state index is 3.96.